The van der Waals surface area contributed by atoms with Gasteiger partial charge in [0, 0.05) is 18.3 Å². The number of benzene rings is 4. The molecule has 4 atom stereocenters. The van der Waals surface area contributed by atoms with E-state index in [1.807, 2.05) is 110 Å². The zero-order valence-electron chi connectivity index (χ0n) is 29.2. The van der Waals surface area contributed by atoms with Gasteiger partial charge in [-0.2, -0.15) is 0 Å². The van der Waals surface area contributed by atoms with Crippen LogP contribution < -0.4 is 4.74 Å². The Morgan fingerprint density at radius 3 is 1.80 bits per heavy atom. The molecule has 0 radical (unpaired) electrons. The van der Waals surface area contributed by atoms with Crippen LogP contribution in [0.4, 0.5) is 0 Å². The maximum atomic E-state index is 13.6. The number of methoxy groups -OCH3 is 1. The van der Waals surface area contributed by atoms with Crippen LogP contribution in [-0.2, 0) is 35.1 Å². The van der Waals surface area contributed by atoms with Crippen molar-refractivity contribution in [2.75, 3.05) is 20.3 Å². The minimum absolute atomic E-state index is 0.0715. The van der Waals surface area contributed by atoms with Gasteiger partial charge in [-0.3, -0.25) is 19.2 Å². The quantitative estimate of drug-likeness (QED) is 0.117. The molecule has 0 amide bonds. The van der Waals surface area contributed by atoms with Crippen molar-refractivity contribution in [3.63, 3.8) is 0 Å². The van der Waals surface area contributed by atoms with E-state index in [1.54, 1.807) is 26.2 Å². The number of hydrogen-bond donors (Lipinski definition) is 0. The SMILES string of the molecule is CCOC(=O)C1C(=O)C=C(c2ccc(C)cc2)CC1c1cccc(CCOC(=O)C2C(=O)C=C(c3ccc(OC)cc3)CC2c2ccccc2)c1. The summed E-state index contributed by atoms with van der Waals surface area (Å²) in [6, 6.07) is 32.9. The summed E-state index contributed by atoms with van der Waals surface area (Å²) >= 11 is 0. The smallest absolute Gasteiger partial charge is 0.317 e. The second kappa shape index (κ2) is 16.0. The summed E-state index contributed by atoms with van der Waals surface area (Å²) in [5.41, 5.74) is 7.33. The molecular weight excluding hydrogens is 640 g/mol. The first kappa shape index (κ1) is 35.3. The maximum Gasteiger partial charge on any atom is 0.317 e. The van der Waals surface area contributed by atoms with Crippen LogP contribution in [0.5, 0.6) is 5.75 Å². The lowest BCUT2D eigenvalue weighted by atomic mass is 9.73. The fourth-order valence-electron chi connectivity index (χ4n) is 7.17. The molecular formula is C44H42O7. The third-order valence-electron chi connectivity index (χ3n) is 9.85. The van der Waals surface area contributed by atoms with Gasteiger partial charge < -0.3 is 14.2 Å². The van der Waals surface area contributed by atoms with Gasteiger partial charge in [0.05, 0.1) is 20.3 Å². The van der Waals surface area contributed by atoms with E-state index in [0.717, 1.165) is 50.3 Å². The molecule has 2 aliphatic rings. The Hall–Kier alpha value is -5.56. The lowest BCUT2D eigenvalue weighted by Crippen LogP contribution is -2.34. The summed E-state index contributed by atoms with van der Waals surface area (Å²) < 4.78 is 16.5. The molecule has 0 saturated heterocycles. The second-order valence-corrected chi connectivity index (χ2v) is 13.1. The molecule has 4 unspecified atom stereocenters. The molecule has 0 fully saturated rings. The second-order valence-electron chi connectivity index (χ2n) is 13.1. The van der Waals surface area contributed by atoms with Crippen molar-refractivity contribution >= 4 is 34.7 Å². The van der Waals surface area contributed by atoms with Gasteiger partial charge in [-0.1, -0.05) is 96.6 Å². The largest absolute Gasteiger partial charge is 0.497 e. The molecule has 0 N–H and O–H groups in total. The topological polar surface area (TPSA) is 96.0 Å². The van der Waals surface area contributed by atoms with Crippen molar-refractivity contribution in [3.05, 3.63) is 149 Å². The van der Waals surface area contributed by atoms with Crippen LogP contribution in [0.1, 0.15) is 65.0 Å². The first-order valence-electron chi connectivity index (χ1n) is 17.4. The minimum Gasteiger partial charge on any atom is -0.497 e. The van der Waals surface area contributed by atoms with Gasteiger partial charge in [-0.05, 0) is 89.9 Å². The molecule has 51 heavy (non-hydrogen) atoms. The molecule has 0 bridgehead atoms. The van der Waals surface area contributed by atoms with Crippen LogP contribution in [0.2, 0.25) is 0 Å². The van der Waals surface area contributed by atoms with Gasteiger partial charge in [0.1, 0.15) is 17.6 Å². The van der Waals surface area contributed by atoms with E-state index in [-0.39, 0.29) is 30.7 Å². The molecule has 260 valence electrons. The molecule has 0 saturated carbocycles. The Morgan fingerprint density at radius 1 is 0.667 bits per heavy atom. The highest BCUT2D eigenvalue weighted by molar-refractivity contribution is 6.11. The van der Waals surface area contributed by atoms with E-state index >= 15 is 0 Å². The van der Waals surface area contributed by atoms with Gasteiger partial charge in [-0.15, -0.1) is 0 Å². The average Bonchev–Trinajstić information content (AvgIpc) is 3.15. The van der Waals surface area contributed by atoms with Gasteiger partial charge in [0.2, 0.25) is 0 Å². The number of hydrogen-bond acceptors (Lipinski definition) is 7. The predicted molar refractivity (Wildman–Crippen MR) is 196 cm³/mol. The average molecular weight is 683 g/mol. The Labute approximate surface area is 298 Å². The van der Waals surface area contributed by atoms with Crippen molar-refractivity contribution in [2.45, 2.75) is 44.9 Å². The zero-order valence-corrected chi connectivity index (χ0v) is 29.2. The van der Waals surface area contributed by atoms with Gasteiger partial charge in [0.15, 0.2) is 11.6 Å². The normalized spacial score (nSPS) is 20.2. The molecule has 0 aromatic heterocycles. The molecule has 7 nitrogen and oxygen atoms in total. The maximum absolute atomic E-state index is 13.6. The number of esters is 2. The summed E-state index contributed by atoms with van der Waals surface area (Å²) in [4.78, 5) is 53.8. The molecule has 4 aromatic carbocycles. The number of carbonyl (C=O) groups is 4. The summed E-state index contributed by atoms with van der Waals surface area (Å²) in [6.07, 6.45) is 4.55. The van der Waals surface area contributed by atoms with Crippen molar-refractivity contribution in [2.24, 2.45) is 11.8 Å². The Morgan fingerprint density at radius 2 is 1.22 bits per heavy atom. The Bertz CT molecular complexity index is 1950. The third kappa shape index (κ3) is 8.09. The molecule has 0 heterocycles. The van der Waals surface area contributed by atoms with Crippen LogP contribution in [0.3, 0.4) is 0 Å². The minimum atomic E-state index is -0.966. The van der Waals surface area contributed by atoms with Crippen LogP contribution in [-0.4, -0.2) is 43.8 Å². The number of carbonyl (C=O) groups excluding carboxylic acids is 4. The highest BCUT2D eigenvalue weighted by Crippen LogP contribution is 2.42. The van der Waals surface area contributed by atoms with Gasteiger partial charge in [0.25, 0.3) is 0 Å². The van der Waals surface area contributed by atoms with Gasteiger partial charge >= 0.3 is 11.9 Å². The van der Waals surface area contributed by atoms with Crippen molar-refractivity contribution in [1.82, 2.24) is 0 Å². The molecule has 2 aliphatic carbocycles. The van der Waals surface area contributed by atoms with Crippen LogP contribution >= 0.6 is 0 Å². The number of allylic oxidation sites excluding steroid dienone is 4. The summed E-state index contributed by atoms with van der Waals surface area (Å²) in [6.45, 7) is 4.00. The van der Waals surface area contributed by atoms with E-state index in [9.17, 15) is 19.2 Å². The summed E-state index contributed by atoms with van der Waals surface area (Å²) in [5.74, 6) is -3.62. The molecule has 7 heteroatoms. The summed E-state index contributed by atoms with van der Waals surface area (Å²) in [5, 5.41) is 0. The summed E-state index contributed by atoms with van der Waals surface area (Å²) in [7, 11) is 1.61. The standard InChI is InChI=1S/C44H42O7/c1-4-50-43(47)42-38(25-35(27-40(42)46)30-15-13-28(2)14-16-30)33-12-8-9-29(23-33)21-22-51-44(48)41-37(32-10-6-5-7-11-32)24-34(26-39(41)45)31-17-19-36(49-3)20-18-31/h5-20,23,26-27,37-38,41-42H,4,21-22,24-25H2,1-3H3. The first-order chi connectivity index (χ1) is 24.7. The molecule has 0 spiro atoms. The van der Waals surface area contributed by atoms with Gasteiger partial charge in [-0.25, -0.2) is 0 Å². The fourth-order valence-corrected chi connectivity index (χ4v) is 7.17. The van der Waals surface area contributed by atoms with E-state index in [0.29, 0.717) is 19.3 Å². The van der Waals surface area contributed by atoms with E-state index < -0.39 is 29.7 Å². The first-order valence-corrected chi connectivity index (χ1v) is 17.4. The zero-order chi connectivity index (χ0) is 35.9. The fraction of sp³-hybridized carbons (Fsp3) is 0.273. The van der Waals surface area contributed by atoms with E-state index in [2.05, 4.69) is 0 Å². The number of ketones is 2. The van der Waals surface area contributed by atoms with Crippen LogP contribution in [0.25, 0.3) is 11.1 Å². The lowest BCUT2D eigenvalue weighted by molar-refractivity contribution is -0.153. The monoisotopic (exact) mass is 682 g/mol. The predicted octanol–water partition coefficient (Wildman–Crippen LogP) is 7.87. The highest BCUT2D eigenvalue weighted by atomic mass is 16.5. The number of aryl methyl sites for hydroxylation is 1. The molecule has 6 rings (SSSR count). The van der Waals surface area contributed by atoms with Crippen LogP contribution in [0, 0.1) is 18.8 Å². The third-order valence-corrected chi connectivity index (χ3v) is 9.85. The van der Waals surface area contributed by atoms with Crippen molar-refractivity contribution in [1.29, 1.82) is 0 Å². The lowest BCUT2D eigenvalue weighted by Gasteiger charge is -2.30. The van der Waals surface area contributed by atoms with E-state index in [1.165, 1.54) is 0 Å². The van der Waals surface area contributed by atoms with Crippen molar-refractivity contribution in [3.8, 4) is 5.75 Å². The number of ether oxygens (including phenoxy) is 3. The molecule has 0 aliphatic heterocycles. The van der Waals surface area contributed by atoms with E-state index in [4.69, 9.17) is 14.2 Å². The Kier molecular flexibility index (Phi) is 11.1. The highest BCUT2D eigenvalue weighted by Gasteiger charge is 2.41. The molecule has 4 aromatic rings. The Balaban J connectivity index is 1.18. The van der Waals surface area contributed by atoms with Crippen molar-refractivity contribution < 1.29 is 33.4 Å². The number of rotatable bonds is 11. The van der Waals surface area contributed by atoms with Crippen LogP contribution in [0.15, 0.2) is 115 Å².